The molecule has 2 rings (SSSR count). The van der Waals surface area contributed by atoms with Gasteiger partial charge in [0.05, 0.1) is 10.6 Å². The third-order valence-electron chi connectivity index (χ3n) is 4.20. The van der Waals surface area contributed by atoms with Gasteiger partial charge in [-0.25, -0.2) is 16.8 Å². The minimum absolute atomic E-state index is 0.0259. The minimum atomic E-state index is -3.57. The first kappa shape index (κ1) is 18.2. The maximum atomic E-state index is 12.8. The number of nitrogens with one attached hydrogen (secondary N) is 1. The van der Waals surface area contributed by atoms with E-state index in [2.05, 4.69) is 4.72 Å². The Labute approximate surface area is 139 Å². The number of nitrogens with zero attached hydrogens (tertiary/aromatic N) is 1. The molecule has 0 bridgehead atoms. The quantitative estimate of drug-likeness (QED) is 0.874. The molecule has 0 spiro atoms. The predicted octanol–water partition coefficient (Wildman–Crippen LogP) is 2.40. The van der Waals surface area contributed by atoms with Crippen LogP contribution in [-0.4, -0.2) is 39.0 Å². The zero-order chi connectivity index (χ0) is 17.3. The van der Waals surface area contributed by atoms with E-state index in [9.17, 15) is 16.8 Å². The van der Waals surface area contributed by atoms with Gasteiger partial charge in [-0.05, 0) is 57.9 Å². The maximum Gasteiger partial charge on any atom is 0.243 e. The number of rotatable bonds is 5. The van der Waals surface area contributed by atoms with E-state index in [1.807, 2.05) is 13.8 Å². The fourth-order valence-corrected chi connectivity index (χ4v) is 5.46. The van der Waals surface area contributed by atoms with Gasteiger partial charge < -0.3 is 0 Å². The molecule has 1 heterocycles. The second-order valence-electron chi connectivity index (χ2n) is 5.99. The Bertz CT molecular complexity index is 732. The highest BCUT2D eigenvalue weighted by atomic mass is 32.2. The molecule has 1 aromatic carbocycles. The maximum absolute atomic E-state index is 12.8. The Morgan fingerprint density at radius 3 is 2.04 bits per heavy atom. The number of anilines is 1. The van der Waals surface area contributed by atoms with Crippen molar-refractivity contribution in [3.8, 4) is 0 Å². The Kier molecular flexibility index (Phi) is 5.37. The lowest BCUT2D eigenvalue weighted by molar-refractivity contribution is 0.204. The van der Waals surface area contributed by atoms with Crippen molar-refractivity contribution < 1.29 is 16.8 Å². The van der Waals surface area contributed by atoms with Crippen molar-refractivity contribution in [1.29, 1.82) is 0 Å². The van der Waals surface area contributed by atoms with E-state index < -0.39 is 20.0 Å². The highest BCUT2D eigenvalue weighted by Gasteiger charge is 2.35. The Hall–Kier alpha value is -1.12. The molecule has 1 aromatic rings. The molecule has 1 N–H and O–H groups in total. The van der Waals surface area contributed by atoms with Gasteiger partial charge in [-0.15, -0.1) is 0 Å². The van der Waals surface area contributed by atoms with Crippen molar-refractivity contribution >= 4 is 25.7 Å². The van der Waals surface area contributed by atoms with Crippen LogP contribution in [-0.2, 0) is 20.0 Å². The molecule has 1 saturated heterocycles. The molecule has 1 aliphatic rings. The summed E-state index contributed by atoms with van der Waals surface area (Å²) < 4.78 is 52.8. The van der Waals surface area contributed by atoms with Crippen molar-refractivity contribution in [3.05, 3.63) is 24.3 Å². The standard InChI is InChI=1S/C15H24N2O4S2/c1-4-22(18,19)16-14-8-10-15(11-9-14)23(20,21)17-12(2)6-5-7-13(17)3/h8-13,16H,4-7H2,1-3H3/t12-,13-/m1/s1. The molecule has 0 unspecified atom stereocenters. The van der Waals surface area contributed by atoms with Gasteiger partial charge in [0.25, 0.3) is 0 Å². The molecule has 130 valence electrons. The largest absolute Gasteiger partial charge is 0.284 e. The van der Waals surface area contributed by atoms with Crippen LogP contribution >= 0.6 is 0 Å². The molecule has 8 heteroatoms. The zero-order valence-electron chi connectivity index (χ0n) is 13.7. The van der Waals surface area contributed by atoms with Crippen molar-refractivity contribution in [2.75, 3.05) is 10.5 Å². The van der Waals surface area contributed by atoms with E-state index >= 15 is 0 Å². The highest BCUT2D eigenvalue weighted by molar-refractivity contribution is 7.92. The average molecular weight is 361 g/mol. The third-order valence-corrected chi connectivity index (χ3v) is 7.65. The molecular formula is C15H24N2O4S2. The van der Waals surface area contributed by atoms with Crippen LogP contribution in [0.4, 0.5) is 5.69 Å². The molecule has 0 aromatic heterocycles. The number of hydrogen-bond acceptors (Lipinski definition) is 4. The monoisotopic (exact) mass is 360 g/mol. The number of benzene rings is 1. The van der Waals surface area contributed by atoms with Gasteiger partial charge in [-0.1, -0.05) is 6.42 Å². The van der Waals surface area contributed by atoms with Crippen LogP contribution in [0.25, 0.3) is 0 Å². The molecule has 0 amide bonds. The van der Waals surface area contributed by atoms with E-state index in [1.165, 1.54) is 24.3 Å². The van der Waals surface area contributed by atoms with Crippen molar-refractivity contribution in [1.82, 2.24) is 4.31 Å². The number of hydrogen-bond donors (Lipinski definition) is 1. The molecule has 1 fully saturated rings. The van der Waals surface area contributed by atoms with E-state index in [4.69, 9.17) is 0 Å². The van der Waals surface area contributed by atoms with Gasteiger partial charge >= 0.3 is 0 Å². The van der Waals surface area contributed by atoms with Gasteiger partial charge in [0.1, 0.15) is 0 Å². The van der Waals surface area contributed by atoms with E-state index in [0.29, 0.717) is 5.69 Å². The normalized spacial score (nSPS) is 23.6. The zero-order valence-corrected chi connectivity index (χ0v) is 15.3. The van der Waals surface area contributed by atoms with E-state index in [-0.39, 0.29) is 22.7 Å². The summed E-state index contributed by atoms with van der Waals surface area (Å²) in [6, 6.07) is 5.83. The first-order valence-corrected chi connectivity index (χ1v) is 10.9. The lowest BCUT2D eigenvalue weighted by Crippen LogP contribution is -2.47. The Balaban J connectivity index is 2.27. The third kappa shape index (κ3) is 4.05. The Morgan fingerprint density at radius 2 is 1.57 bits per heavy atom. The lowest BCUT2D eigenvalue weighted by Gasteiger charge is -2.37. The second-order valence-corrected chi connectivity index (χ2v) is 9.85. The van der Waals surface area contributed by atoms with Crippen LogP contribution in [0, 0.1) is 0 Å². The summed E-state index contributed by atoms with van der Waals surface area (Å²) in [4.78, 5) is 0.192. The molecule has 6 nitrogen and oxygen atoms in total. The molecule has 2 atom stereocenters. The van der Waals surface area contributed by atoms with Crippen molar-refractivity contribution in [3.63, 3.8) is 0 Å². The molecule has 0 radical (unpaired) electrons. The van der Waals surface area contributed by atoms with E-state index in [1.54, 1.807) is 11.2 Å². The van der Waals surface area contributed by atoms with E-state index in [0.717, 1.165) is 19.3 Å². The molecule has 0 aliphatic carbocycles. The summed E-state index contributed by atoms with van der Waals surface area (Å²) in [5, 5.41) is 0. The van der Waals surface area contributed by atoms with Crippen LogP contribution in [0.5, 0.6) is 0 Å². The van der Waals surface area contributed by atoms with Gasteiger partial charge in [0, 0.05) is 17.8 Å². The second kappa shape index (κ2) is 6.78. The molecular weight excluding hydrogens is 336 g/mol. The first-order chi connectivity index (χ1) is 10.7. The van der Waals surface area contributed by atoms with Crippen LogP contribution in [0.2, 0.25) is 0 Å². The summed E-state index contributed by atoms with van der Waals surface area (Å²) in [6.45, 7) is 5.40. The average Bonchev–Trinajstić information content (AvgIpc) is 2.47. The SMILES string of the molecule is CCS(=O)(=O)Nc1ccc(S(=O)(=O)N2[C@H](C)CCC[C@H]2C)cc1. The molecule has 1 aliphatic heterocycles. The predicted molar refractivity (Wildman–Crippen MR) is 91.3 cm³/mol. The summed E-state index contributed by atoms with van der Waals surface area (Å²) in [5.74, 6) is -0.0319. The van der Waals surface area contributed by atoms with Gasteiger partial charge in [-0.2, -0.15) is 4.31 Å². The number of sulfonamides is 2. The van der Waals surface area contributed by atoms with Gasteiger partial charge in [-0.3, -0.25) is 4.72 Å². The van der Waals surface area contributed by atoms with Crippen LogP contribution in [0.15, 0.2) is 29.2 Å². The summed E-state index contributed by atoms with van der Waals surface area (Å²) >= 11 is 0. The summed E-state index contributed by atoms with van der Waals surface area (Å²) in [5.41, 5.74) is 0.366. The van der Waals surface area contributed by atoms with Gasteiger partial charge in [0.15, 0.2) is 0 Å². The lowest BCUT2D eigenvalue weighted by atomic mass is 10.0. The fourth-order valence-electron chi connectivity index (χ4n) is 2.94. The van der Waals surface area contributed by atoms with Crippen molar-refractivity contribution in [2.24, 2.45) is 0 Å². The minimum Gasteiger partial charge on any atom is -0.284 e. The Morgan fingerprint density at radius 1 is 1.04 bits per heavy atom. The smallest absolute Gasteiger partial charge is 0.243 e. The fraction of sp³-hybridized carbons (Fsp3) is 0.600. The topological polar surface area (TPSA) is 83.5 Å². The molecule has 0 saturated carbocycles. The molecule has 23 heavy (non-hydrogen) atoms. The van der Waals surface area contributed by atoms with Crippen LogP contribution in [0.1, 0.15) is 40.0 Å². The van der Waals surface area contributed by atoms with Crippen molar-refractivity contribution in [2.45, 2.75) is 57.0 Å². The highest BCUT2D eigenvalue weighted by Crippen LogP contribution is 2.30. The summed E-state index contributed by atoms with van der Waals surface area (Å²) in [7, 11) is -6.94. The van der Waals surface area contributed by atoms with Crippen LogP contribution < -0.4 is 4.72 Å². The number of piperidine rings is 1. The van der Waals surface area contributed by atoms with Crippen LogP contribution in [0.3, 0.4) is 0 Å². The van der Waals surface area contributed by atoms with Gasteiger partial charge in [0.2, 0.25) is 20.0 Å². The summed E-state index contributed by atoms with van der Waals surface area (Å²) in [6.07, 6.45) is 2.75. The first-order valence-electron chi connectivity index (χ1n) is 7.81.